The van der Waals surface area contributed by atoms with Crippen LogP contribution in [0.3, 0.4) is 0 Å². The predicted octanol–water partition coefficient (Wildman–Crippen LogP) is 4.35. The molecule has 0 aliphatic carbocycles. The molecule has 0 bridgehead atoms. The molecule has 0 fully saturated rings. The number of methoxy groups -OCH3 is 1. The van der Waals surface area contributed by atoms with Crippen molar-refractivity contribution in [3.63, 3.8) is 0 Å². The highest BCUT2D eigenvalue weighted by Crippen LogP contribution is 2.32. The van der Waals surface area contributed by atoms with Crippen LogP contribution in [0.25, 0.3) is 5.82 Å². The van der Waals surface area contributed by atoms with E-state index in [0.717, 1.165) is 5.69 Å². The number of pyridine rings is 1. The zero-order chi connectivity index (χ0) is 20.3. The number of carbonyl (C=O) groups is 1. The summed E-state index contributed by atoms with van der Waals surface area (Å²) in [5, 5.41) is 2.70. The van der Waals surface area contributed by atoms with Gasteiger partial charge in [-0.1, -0.05) is 6.07 Å². The van der Waals surface area contributed by atoms with Crippen molar-refractivity contribution in [2.24, 2.45) is 0 Å². The van der Waals surface area contributed by atoms with Gasteiger partial charge in [-0.3, -0.25) is 4.79 Å². The van der Waals surface area contributed by atoms with Crippen LogP contribution in [-0.2, 0) is 0 Å². The number of nitrogens with zero attached hydrogens (tertiary/aromatic N) is 2. The molecule has 2 aromatic heterocycles. The first-order valence-corrected chi connectivity index (χ1v) is 8.45. The zero-order valence-corrected chi connectivity index (χ0v) is 15.6. The summed E-state index contributed by atoms with van der Waals surface area (Å²) in [5.74, 6) is 0.318. The van der Waals surface area contributed by atoms with Gasteiger partial charge in [0.25, 0.3) is 5.91 Å². The molecule has 8 heteroatoms. The van der Waals surface area contributed by atoms with Crippen molar-refractivity contribution in [2.45, 2.75) is 20.5 Å². The van der Waals surface area contributed by atoms with Crippen LogP contribution in [0, 0.1) is 13.8 Å². The minimum absolute atomic E-state index is 0.145. The summed E-state index contributed by atoms with van der Waals surface area (Å²) in [6.45, 7) is 0.688. The van der Waals surface area contributed by atoms with Crippen LogP contribution >= 0.6 is 0 Å². The second-order valence-corrected chi connectivity index (χ2v) is 6.01. The predicted molar refractivity (Wildman–Crippen MR) is 101 cm³/mol. The molecular weight excluding hydrogens is 368 g/mol. The molecule has 3 rings (SSSR count). The first-order valence-electron chi connectivity index (χ1n) is 8.45. The number of anilines is 1. The van der Waals surface area contributed by atoms with Gasteiger partial charge in [0.15, 0.2) is 11.5 Å². The molecule has 6 nitrogen and oxygen atoms in total. The van der Waals surface area contributed by atoms with Gasteiger partial charge in [-0.15, -0.1) is 0 Å². The van der Waals surface area contributed by atoms with Crippen LogP contribution in [-0.4, -0.2) is 29.2 Å². The average Bonchev–Trinajstić information content (AvgIpc) is 2.96. The minimum atomic E-state index is -3.00. The number of rotatable bonds is 6. The summed E-state index contributed by atoms with van der Waals surface area (Å²) in [6, 6.07) is 11.6. The third-order valence-corrected chi connectivity index (χ3v) is 4.19. The van der Waals surface area contributed by atoms with Crippen molar-refractivity contribution in [2.75, 3.05) is 12.4 Å². The number of carbonyl (C=O) groups excluding carboxylic acids is 1. The fourth-order valence-electron chi connectivity index (χ4n) is 2.97. The molecule has 3 aromatic rings. The maximum Gasteiger partial charge on any atom is 0.387 e. The Morgan fingerprint density at radius 3 is 2.57 bits per heavy atom. The Kier molecular flexibility index (Phi) is 5.58. The van der Waals surface area contributed by atoms with Gasteiger partial charge in [0.05, 0.1) is 12.7 Å². The van der Waals surface area contributed by atoms with E-state index < -0.39 is 6.61 Å². The maximum absolute atomic E-state index is 12.8. The molecule has 0 unspecified atom stereocenters. The van der Waals surface area contributed by atoms with Crippen molar-refractivity contribution in [3.8, 4) is 17.3 Å². The molecule has 1 aromatic carbocycles. The van der Waals surface area contributed by atoms with Crippen molar-refractivity contribution >= 4 is 11.6 Å². The number of nitrogens with one attached hydrogen (secondary N) is 1. The van der Waals surface area contributed by atoms with E-state index in [9.17, 15) is 13.6 Å². The topological polar surface area (TPSA) is 65.4 Å². The molecule has 0 saturated heterocycles. The van der Waals surface area contributed by atoms with Gasteiger partial charge in [-0.05, 0) is 44.2 Å². The number of aromatic nitrogens is 2. The Hall–Kier alpha value is -3.42. The van der Waals surface area contributed by atoms with Gasteiger partial charge >= 0.3 is 6.61 Å². The molecule has 0 atom stereocenters. The lowest BCUT2D eigenvalue weighted by atomic mass is 10.2. The lowest BCUT2D eigenvalue weighted by molar-refractivity contribution is -0.0511. The number of hydrogen-bond donors (Lipinski definition) is 1. The maximum atomic E-state index is 12.8. The number of amides is 1. The second kappa shape index (κ2) is 8.08. The van der Waals surface area contributed by atoms with Gasteiger partial charge in [0.1, 0.15) is 5.82 Å². The SMILES string of the molecule is COc1ccc(NC(=O)c2cc(C)n(-c3ccccn3)c2C)cc1OC(F)F. The molecule has 0 aliphatic rings. The molecule has 0 aliphatic heterocycles. The lowest BCUT2D eigenvalue weighted by Gasteiger charge is -2.12. The van der Waals surface area contributed by atoms with Crippen LogP contribution in [0.1, 0.15) is 21.7 Å². The highest BCUT2D eigenvalue weighted by atomic mass is 19.3. The van der Waals surface area contributed by atoms with Crippen molar-refractivity contribution in [1.29, 1.82) is 0 Å². The smallest absolute Gasteiger partial charge is 0.387 e. The molecular formula is C20H19F2N3O3. The first kappa shape index (κ1) is 19.3. The highest BCUT2D eigenvalue weighted by molar-refractivity contribution is 6.05. The van der Waals surface area contributed by atoms with Gasteiger partial charge in [-0.25, -0.2) is 4.98 Å². The summed E-state index contributed by atoms with van der Waals surface area (Å²) >= 11 is 0. The van der Waals surface area contributed by atoms with E-state index >= 15 is 0 Å². The van der Waals surface area contributed by atoms with E-state index in [2.05, 4.69) is 15.0 Å². The molecule has 0 saturated carbocycles. The summed E-state index contributed by atoms with van der Waals surface area (Å²) in [6.07, 6.45) is 1.68. The van der Waals surface area contributed by atoms with E-state index in [1.807, 2.05) is 36.6 Å². The van der Waals surface area contributed by atoms with Crippen molar-refractivity contribution in [3.05, 3.63) is 65.6 Å². The van der Waals surface area contributed by atoms with Crippen LogP contribution in [0.5, 0.6) is 11.5 Å². The number of benzene rings is 1. The Labute approximate surface area is 160 Å². The Balaban J connectivity index is 1.88. The molecule has 2 heterocycles. The van der Waals surface area contributed by atoms with Crippen molar-refractivity contribution < 1.29 is 23.0 Å². The lowest BCUT2D eigenvalue weighted by Crippen LogP contribution is -2.13. The third kappa shape index (κ3) is 3.95. The Bertz CT molecular complexity index is 988. The van der Waals surface area contributed by atoms with Crippen LogP contribution in [0.4, 0.5) is 14.5 Å². The molecule has 1 N–H and O–H groups in total. The summed E-state index contributed by atoms with van der Waals surface area (Å²) < 4.78 is 36.5. The summed E-state index contributed by atoms with van der Waals surface area (Å²) in [4.78, 5) is 17.1. The summed E-state index contributed by atoms with van der Waals surface area (Å²) in [5.41, 5.74) is 2.32. The molecule has 0 spiro atoms. The van der Waals surface area contributed by atoms with E-state index in [-0.39, 0.29) is 17.4 Å². The minimum Gasteiger partial charge on any atom is -0.493 e. The number of halogens is 2. The number of aryl methyl sites for hydroxylation is 1. The highest BCUT2D eigenvalue weighted by Gasteiger charge is 2.18. The first-order chi connectivity index (χ1) is 13.4. The van der Waals surface area contributed by atoms with E-state index in [4.69, 9.17) is 4.74 Å². The van der Waals surface area contributed by atoms with Crippen LogP contribution in [0.2, 0.25) is 0 Å². The number of hydrogen-bond acceptors (Lipinski definition) is 4. The fourth-order valence-corrected chi connectivity index (χ4v) is 2.97. The van der Waals surface area contributed by atoms with Gasteiger partial charge < -0.3 is 19.4 Å². The van der Waals surface area contributed by atoms with Crippen LogP contribution < -0.4 is 14.8 Å². The second-order valence-electron chi connectivity index (χ2n) is 6.01. The standard InChI is InChI=1S/C20H19F2N3O3/c1-12-10-15(13(2)25(12)18-6-4-5-9-23-18)19(26)24-14-7-8-16(27-3)17(11-14)28-20(21)22/h4-11,20H,1-3H3,(H,24,26). The normalized spacial score (nSPS) is 10.8. The number of alkyl halides is 2. The quantitative estimate of drug-likeness (QED) is 0.683. The van der Waals surface area contributed by atoms with Crippen LogP contribution in [0.15, 0.2) is 48.7 Å². The molecule has 146 valence electrons. The Morgan fingerprint density at radius 2 is 1.93 bits per heavy atom. The van der Waals surface area contributed by atoms with E-state index in [0.29, 0.717) is 22.8 Å². The third-order valence-electron chi connectivity index (χ3n) is 4.19. The molecule has 1 amide bonds. The van der Waals surface area contributed by atoms with Crippen molar-refractivity contribution in [1.82, 2.24) is 9.55 Å². The molecule has 28 heavy (non-hydrogen) atoms. The van der Waals surface area contributed by atoms with Gasteiger partial charge in [-0.2, -0.15) is 8.78 Å². The summed E-state index contributed by atoms with van der Waals surface area (Å²) in [7, 11) is 1.35. The van der Waals surface area contributed by atoms with Gasteiger partial charge in [0, 0.05) is 29.3 Å². The molecule has 0 radical (unpaired) electrons. The van der Waals surface area contributed by atoms with E-state index in [1.165, 1.54) is 19.2 Å². The largest absolute Gasteiger partial charge is 0.493 e. The number of ether oxygens (including phenoxy) is 2. The monoisotopic (exact) mass is 387 g/mol. The van der Waals surface area contributed by atoms with E-state index in [1.54, 1.807) is 18.3 Å². The fraction of sp³-hybridized carbons (Fsp3) is 0.200. The Morgan fingerprint density at radius 1 is 1.14 bits per heavy atom. The average molecular weight is 387 g/mol. The zero-order valence-electron chi connectivity index (χ0n) is 15.6. The van der Waals surface area contributed by atoms with Gasteiger partial charge in [0.2, 0.25) is 0 Å².